The molecule has 0 atom stereocenters. The molecule has 0 radical (unpaired) electrons. The van der Waals surface area contributed by atoms with Gasteiger partial charge in [-0.3, -0.25) is 0 Å². The molecule has 0 amide bonds. The molecule has 0 bridgehead atoms. The van der Waals surface area contributed by atoms with Crippen molar-refractivity contribution < 1.29 is 49.0 Å². The molecule has 212 valence electrons. The van der Waals surface area contributed by atoms with Crippen molar-refractivity contribution in [2.45, 2.75) is 117 Å². The summed E-state index contributed by atoms with van der Waals surface area (Å²) < 4.78 is 1.80. The Labute approximate surface area is 267 Å². The Balaban J connectivity index is 0.000000350. The Morgan fingerprint density at radius 1 is 0.692 bits per heavy atom. The third-order valence-corrected chi connectivity index (χ3v) is 8.74. The summed E-state index contributed by atoms with van der Waals surface area (Å²) in [4.78, 5) is 0. The van der Waals surface area contributed by atoms with Crippen LogP contribution in [0.5, 0.6) is 0 Å². The average molecular weight is 643 g/mol. The van der Waals surface area contributed by atoms with E-state index in [4.69, 9.17) is 0 Å². The standard InChI is InChI=1S/C21H25.C9H13.C6H10.2ClH.Zr/c1-20(2,3)16-9-7-14-11-15-8-10-17(21(4,5)6)13-19(15)18(14)12-16;1-9(2,3)8-6-4-5-7-8;1-2-4-6-5-3-1;;;/h7,9-10,12-13H,11H2,1-6H3;4-7H,1-3H3;1-5H2;2*1H;/q2*-1;;;;+2/p-2. The van der Waals surface area contributed by atoms with Crippen molar-refractivity contribution in [1.29, 1.82) is 0 Å². The summed E-state index contributed by atoms with van der Waals surface area (Å²) in [5, 5.41) is 0. The zero-order chi connectivity index (χ0) is 27.4. The Morgan fingerprint density at radius 3 is 1.69 bits per heavy atom. The first-order valence-electron chi connectivity index (χ1n) is 14.1. The minimum atomic E-state index is 0. The first kappa shape index (κ1) is 36.1. The van der Waals surface area contributed by atoms with Crippen molar-refractivity contribution in [1.82, 2.24) is 0 Å². The molecule has 1 fully saturated rings. The van der Waals surface area contributed by atoms with Gasteiger partial charge in [0, 0.05) is 0 Å². The molecule has 0 nitrogen and oxygen atoms in total. The Kier molecular flexibility index (Phi) is 13.8. The van der Waals surface area contributed by atoms with Gasteiger partial charge in [0.15, 0.2) is 0 Å². The third-order valence-electron chi connectivity index (χ3n) is 7.51. The molecule has 0 spiro atoms. The molecule has 3 heteroatoms. The van der Waals surface area contributed by atoms with Crippen LogP contribution in [0, 0.1) is 6.07 Å². The molecule has 3 aromatic rings. The van der Waals surface area contributed by atoms with Crippen molar-refractivity contribution in [2.75, 3.05) is 0 Å². The maximum atomic E-state index is 3.53. The molecule has 3 aromatic carbocycles. The monoisotopic (exact) mass is 640 g/mol. The van der Waals surface area contributed by atoms with E-state index < -0.39 is 0 Å². The summed E-state index contributed by atoms with van der Waals surface area (Å²) >= 11 is 1.69. The summed E-state index contributed by atoms with van der Waals surface area (Å²) in [5.41, 5.74) is 10.5. The molecule has 5 rings (SSSR count). The Morgan fingerprint density at radius 2 is 1.26 bits per heavy atom. The van der Waals surface area contributed by atoms with Crippen molar-refractivity contribution in [3.05, 3.63) is 88.5 Å². The summed E-state index contributed by atoms with van der Waals surface area (Å²) in [7, 11) is 0. The Bertz CT molecular complexity index is 1110. The second kappa shape index (κ2) is 14.8. The summed E-state index contributed by atoms with van der Waals surface area (Å²) in [6.45, 7) is 20.3. The van der Waals surface area contributed by atoms with Crippen LogP contribution in [-0.4, -0.2) is 3.21 Å². The van der Waals surface area contributed by atoms with Crippen LogP contribution in [0.25, 0.3) is 11.1 Å². The predicted molar refractivity (Wildman–Crippen MR) is 160 cm³/mol. The number of hydrogen-bond donors (Lipinski definition) is 0. The van der Waals surface area contributed by atoms with E-state index in [1.165, 1.54) is 71.0 Å². The van der Waals surface area contributed by atoms with E-state index in [0.29, 0.717) is 5.41 Å². The number of halogens is 2. The van der Waals surface area contributed by atoms with Crippen molar-refractivity contribution >= 4 is 3.21 Å². The van der Waals surface area contributed by atoms with E-state index >= 15 is 0 Å². The van der Waals surface area contributed by atoms with Crippen molar-refractivity contribution in [2.24, 2.45) is 0 Å². The van der Waals surface area contributed by atoms with Crippen LogP contribution in [0.3, 0.4) is 0 Å². The number of fused-ring (bicyclic) bond motifs is 3. The molecule has 0 heterocycles. The average Bonchev–Trinajstić information content (AvgIpc) is 3.47. The van der Waals surface area contributed by atoms with Gasteiger partial charge >= 0.3 is 59.5 Å². The van der Waals surface area contributed by atoms with Gasteiger partial charge in [-0.15, -0.1) is 5.56 Å². The summed E-state index contributed by atoms with van der Waals surface area (Å²) in [6.07, 6.45) is 8.34. The maximum absolute atomic E-state index is 3.53. The van der Waals surface area contributed by atoms with Gasteiger partial charge in [0.1, 0.15) is 0 Å². The molecule has 2 aliphatic rings. The minimum absolute atomic E-state index is 0. The quantitative estimate of drug-likeness (QED) is 0.254. The second-order valence-corrected chi connectivity index (χ2v) is 15.7. The predicted octanol–water partition coefficient (Wildman–Crippen LogP) is 4.03. The summed E-state index contributed by atoms with van der Waals surface area (Å²) in [6, 6.07) is 23.6. The van der Waals surface area contributed by atoms with Crippen LogP contribution in [0.2, 0.25) is 0 Å². The molecule has 2 aliphatic carbocycles. The van der Waals surface area contributed by atoms with Crippen molar-refractivity contribution in [3.63, 3.8) is 0 Å². The first-order valence-corrected chi connectivity index (χ1v) is 15.4. The molecule has 0 N–H and O–H groups in total. The fourth-order valence-corrected chi connectivity index (χ4v) is 5.71. The van der Waals surface area contributed by atoms with E-state index in [2.05, 4.69) is 123 Å². The zero-order valence-corrected chi connectivity index (χ0v) is 29.7. The SMILES string of the molecule is CC(C)(C)c1c[c-]c2c(c1)-c1cc(C(C)(C)C)ccc1C2.CC(C)(C)c1cc[cH-]c1.[Cl-].[Cl-].[Zr+2]=[C]1CCCCC1. The van der Waals surface area contributed by atoms with Crippen LogP contribution < -0.4 is 24.8 Å². The van der Waals surface area contributed by atoms with Crippen LogP contribution in [0.15, 0.2) is 54.6 Å². The van der Waals surface area contributed by atoms with Crippen LogP contribution in [0.4, 0.5) is 0 Å². The van der Waals surface area contributed by atoms with Gasteiger partial charge in [-0.2, -0.15) is 53.1 Å². The molecule has 1 saturated carbocycles. The van der Waals surface area contributed by atoms with E-state index in [1.807, 2.05) is 0 Å². The zero-order valence-electron chi connectivity index (χ0n) is 25.7. The Hall–Kier alpha value is -0.877. The molecule has 39 heavy (non-hydrogen) atoms. The molecular formula is C36H48Cl2Zr-2. The first-order chi connectivity index (χ1) is 17.2. The van der Waals surface area contributed by atoms with Crippen molar-refractivity contribution in [3.8, 4) is 11.1 Å². The molecule has 0 saturated heterocycles. The molecular weight excluding hydrogens is 595 g/mol. The van der Waals surface area contributed by atoms with Gasteiger partial charge in [0.2, 0.25) is 0 Å². The number of benzene rings is 2. The fourth-order valence-electron chi connectivity index (χ4n) is 4.84. The van der Waals surface area contributed by atoms with Gasteiger partial charge in [-0.05, 0) is 17.4 Å². The topological polar surface area (TPSA) is 0 Å². The van der Waals surface area contributed by atoms with Crippen LogP contribution in [-0.2, 0) is 46.9 Å². The van der Waals surface area contributed by atoms with Gasteiger partial charge in [0.25, 0.3) is 0 Å². The van der Waals surface area contributed by atoms with Crippen LogP contribution >= 0.6 is 0 Å². The van der Waals surface area contributed by atoms with E-state index in [0.717, 1.165) is 6.42 Å². The normalized spacial score (nSPS) is 14.4. The second-order valence-electron chi connectivity index (χ2n) is 13.9. The van der Waals surface area contributed by atoms with E-state index in [-0.39, 0.29) is 35.6 Å². The summed E-state index contributed by atoms with van der Waals surface area (Å²) in [5.74, 6) is 0. The molecule has 0 aliphatic heterocycles. The van der Waals surface area contributed by atoms with Crippen LogP contribution in [0.1, 0.15) is 122 Å². The van der Waals surface area contributed by atoms with Gasteiger partial charge in [-0.1, -0.05) is 102 Å². The van der Waals surface area contributed by atoms with Gasteiger partial charge < -0.3 is 24.8 Å². The van der Waals surface area contributed by atoms with Gasteiger partial charge in [0.05, 0.1) is 0 Å². The molecule has 0 aromatic heterocycles. The molecule has 0 unspecified atom stereocenters. The fraction of sp³-hybridized carbons (Fsp3) is 0.500. The van der Waals surface area contributed by atoms with Gasteiger partial charge in [-0.25, -0.2) is 6.07 Å². The van der Waals surface area contributed by atoms with E-state index in [1.54, 1.807) is 27.4 Å². The van der Waals surface area contributed by atoms with E-state index in [9.17, 15) is 0 Å². The number of hydrogen-bond acceptors (Lipinski definition) is 0. The third kappa shape index (κ3) is 10.5. The number of rotatable bonds is 0.